The number of esters is 1. The molecule has 2 heterocycles. The second-order valence-electron chi connectivity index (χ2n) is 7.53. The standard InChI is InChI=1S/C21H23NO2/c1-3-12-10-13-8-9-15-14-6-4-5-7-18(14)22-19(15)17(13)11-16(12)20(22)21(23)24-2/h3-7,13,16-17,20H,8-11H2,1-2H3/t13-,16-,17+,20-/m0/s1. The van der Waals surface area contributed by atoms with Gasteiger partial charge in [-0.2, -0.15) is 0 Å². The smallest absolute Gasteiger partial charge is 0.329 e. The molecule has 1 fully saturated rings. The number of ether oxygens (including phenoxy) is 1. The van der Waals surface area contributed by atoms with Crippen LogP contribution in [0.15, 0.2) is 35.9 Å². The summed E-state index contributed by atoms with van der Waals surface area (Å²) in [7, 11) is 1.52. The Morgan fingerprint density at radius 1 is 1.29 bits per heavy atom. The van der Waals surface area contributed by atoms with Gasteiger partial charge in [-0.3, -0.25) is 0 Å². The van der Waals surface area contributed by atoms with Gasteiger partial charge >= 0.3 is 5.97 Å². The summed E-state index contributed by atoms with van der Waals surface area (Å²) in [5, 5.41) is 1.34. The predicted octanol–water partition coefficient (Wildman–Crippen LogP) is 4.37. The monoisotopic (exact) mass is 321 g/mol. The van der Waals surface area contributed by atoms with Crippen LogP contribution in [0.1, 0.15) is 49.4 Å². The number of allylic oxidation sites excluding steroid dienone is 2. The van der Waals surface area contributed by atoms with Gasteiger partial charge in [0.1, 0.15) is 6.04 Å². The van der Waals surface area contributed by atoms with Crippen molar-refractivity contribution in [3.05, 3.63) is 47.2 Å². The number of para-hydroxylation sites is 1. The summed E-state index contributed by atoms with van der Waals surface area (Å²) < 4.78 is 7.60. The largest absolute Gasteiger partial charge is 0.467 e. The first-order valence-corrected chi connectivity index (χ1v) is 9.09. The highest BCUT2D eigenvalue weighted by Gasteiger charge is 2.50. The number of carbonyl (C=O) groups excluding carboxylic acids is 1. The Hall–Kier alpha value is -2.03. The summed E-state index contributed by atoms with van der Waals surface area (Å²) in [4.78, 5) is 12.8. The van der Waals surface area contributed by atoms with Gasteiger partial charge in [0.05, 0.1) is 7.11 Å². The van der Waals surface area contributed by atoms with Crippen molar-refractivity contribution in [2.45, 2.75) is 44.6 Å². The SMILES string of the molecule is CC=C1C[C@@H]2CCc3c4n(c5ccccc35)[C@H](C(=O)OC)[C@H]1C[C@@H]42. The molecular weight excluding hydrogens is 298 g/mol. The molecular formula is C21H23NO2. The summed E-state index contributed by atoms with van der Waals surface area (Å²) in [6.45, 7) is 2.13. The Kier molecular flexibility index (Phi) is 2.97. The summed E-state index contributed by atoms with van der Waals surface area (Å²) in [5.74, 6) is 1.54. The molecule has 24 heavy (non-hydrogen) atoms. The van der Waals surface area contributed by atoms with E-state index >= 15 is 0 Å². The first-order valence-electron chi connectivity index (χ1n) is 9.09. The Morgan fingerprint density at radius 3 is 2.92 bits per heavy atom. The maximum Gasteiger partial charge on any atom is 0.329 e. The summed E-state index contributed by atoms with van der Waals surface area (Å²) in [5.41, 5.74) is 5.60. The van der Waals surface area contributed by atoms with Crippen molar-refractivity contribution >= 4 is 16.9 Å². The third-order valence-corrected chi connectivity index (χ3v) is 6.70. The minimum Gasteiger partial charge on any atom is -0.467 e. The first kappa shape index (κ1) is 14.3. The van der Waals surface area contributed by atoms with Gasteiger partial charge in [0.25, 0.3) is 0 Å². The lowest BCUT2D eigenvalue weighted by Gasteiger charge is -2.48. The Labute approximate surface area is 142 Å². The lowest BCUT2D eigenvalue weighted by molar-refractivity contribution is -0.147. The van der Waals surface area contributed by atoms with Gasteiger partial charge < -0.3 is 9.30 Å². The molecule has 4 atom stereocenters. The number of nitrogens with zero attached hydrogens (tertiary/aromatic N) is 1. The van der Waals surface area contributed by atoms with Crippen molar-refractivity contribution < 1.29 is 9.53 Å². The molecule has 3 heteroatoms. The lowest BCUT2D eigenvalue weighted by atomic mass is 9.61. The van der Waals surface area contributed by atoms with Crippen LogP contribution in [0.5, 0.6) is 0 Å². The molecule has 0 spiro atoms. The van der Waals surface area contributed by atoms with E-state index in [4.69, 9.17) is 4.74 Å². The Bertz CT molecular complexity index is 875. The van der Waals surface area contributed by atoms with E-state index < -0.39 is 0 Å². The van der Waals surface area contributed by atoms with Crippen molar-refractivity contribution in [1.82, 2.24) is 4.57 Å². The topological polar surface area (TPSA) is 31.2 Å². The zero-order chi connectivity index (χ0) is 16.4. The number of benzene rings is 1. The van der Waals surface area contributed by atoms with Crippen molar-refractivity contribution in [2.75, 3.05) is 7.11 Å². The minimum absolute atomic E-state index is 0.0922. The van der Waals surface area contributed by atoms with Crippen LogP contribution in [0.25, 0.3) is 10.9 Å². The van der Waals surface area contributed by atoms with Crippen molar-refractivity contribution in [2.24, 2.45) is 11.8 Å². The third-order valence-electron chi connectivity index (χ3n) is 6.70. The number of aromatic nitrogens is 1. The van der Waals surface area contributed by atoms with E-state index in [9.17, 15) is 4.79 Å². The Balaban J connectivity index is 1.86. The number of hydrogen-bond donors (Lipinski definition) is 0. The normalized spacial score (nSPS) is 32.2. The first-order chi connectivity index (χ1) is 11.7. The zero-order valence-electron chi connectivity index (χ0n) is 14.3. The van der Waals surface area contributed by atoms with Crippen LogP contribution in [0.3, 0.4) is 0 Å². The number of rotatable bonds is 1. The highest BCUT2D eigenvalue weighted by atomic mass is 16.5. The van der Waals surface area contributed by atoms with Crippen LogP contribution in [0.2, 0.25) is 0 Å². The molecule has 3 nitrogen and oxygen atoms in total. The van der Waals surface area contributed by atoms with Crippen LogP contribution >= 0.6 is 0 Å². The van der Waals surface area contributed by atoms with E-state index in [0.29, 0.717) is 5.92 Å². The van der Waals surface area contributed by atoms with E-state index in [1.54, 1.807) is 0 Å². The van der Waals surface area contributed by atoms with E-state index in [1.165, 1.54) is 41.3 Å². The second-order valence-corrected chi connectivity index (χ2v) is 7.53. The van der Waals surface area contributed by atoms with Crippen molar-refractivity contribution in [3.63, 3.8) is 0 Å². The van der Waals surface area contributed by atoms with Gasteiger partial charge in [0, 0.05) is 28.4 Å². The van der Waals surface area contributed by atoms with E-state index in [0.717, 1.165) is 25.2 Å². The highest BCUT2D eigenvalue weighted by Crippen LogP contribution is 2.58. The molecule has 1 aromatic heterocycles. The number of methoxy groups -OCH3 is 1. The molecule has 2 aromatic rings. The maximum absolute atomic E-state index is 12.8. The average molecular weight is 321 g/mol. The molecule has 0 N–H and O–H groups in total. The fourth-order valence-electron chi connectivity index (χ4n) is 5.73. The number of aryl methyl sites for hydroxylation is 1. The van der Waals surface area contributed by atoms with Gasteiger partial charge in [0.15, 0.2) is 0 Å². The maximum atomic E-state index is 12.8. The molecule has 0 saturated heterocycles. The predicted molar refractivity (Wildman–Crippen MR) is 94.0 cm³/mol. The van der Waals surface area contributed by atoms with Gasteiger partial charge in [-0.05, 0) is 50.2 Å². The number of fused-ring (bicyclic) bond motifs is 4. The molecule has 0 amide bonds. The zero-order valence-corrected chi connectivity index (χ0v) is 14.3. The number of hydrogen-bond acceptors (Lipinski definition) is 2. The van der Waals surface area contributed by atoms with Gasteiger partial charge in [-0.15, -0.1) is 0 Å². The molecule has 1 aromatic carbocycles. The summed E-state index contributed by atoms with van der Waals surface area (Å²) in [6, 6.07) is 8.41. The van der Waals surface area contributed by atoms with E-state index in [1.807, 2.05) is 0 Å². The third kappa shape index (κ3) is 1.65. The van der Waals surface area contributed by atoms with Gasteiger partial charge in [-0.1, -0.05) is 29.8 Å². The minimum atomic E-state index is -0.204. The van der Waals surface area contributed by atoms with Crippen LogP contribution in [-0.4, -0.2) is 17.6 Å². The average Bonchev–Trinajstić information content (AvgIpc) is 2.96. The quantitative estimate of drug-likeness (QED) is 0.577. The molecule has 0 radical (unpaired) electrons. The van der Waals surface area contributed by atoms with E-state index in [-0.39, 0.29) is 17.9 Å². The summed E-state index contributed by atoms with van der Waals surface area (Å²) in [6.07, 6.45) is 6.93. The molecule has 3 aliphatic rings. The lowest BCUT2D eigenvalue weighted by Crippen LogP contribution is -2.43. The molecule has 1 aliphatic heterocycles. The van der Waals surface area contributed by atoms with Crippen molar-refractivity contribution in [3.8, 4) is 0 Å². The molecule has 124 valence electrons. The second kappa shape index (κ2) is 4.98. The molecule has 2 aliphatic carbocycles. The van der Waals surface area contributed by atoms with Crippen LogP contribution in [0, 0.1) is 11.8 Å². The van der Waals surface area contributed by atoms with Crippen LogP contribution in [-0.2, 0) is 16.0 Å². The van der Waals surface area contributed by atoms with Crippen molar-refractivity contribution in [1.29, 1.82) is 0 Å². The van der Waals surface area contributed by atoms with Gasteiger partial charge in [0.2, 0.25) is 0 Å². The van der Waals surface area contributed by atoms with Gasteiger partial charge in [-0.25, -0.2) is 4.79 Å². The Morgan fingerprint density at radius 2 is 2.12 bits per heavy atom. The molecule has 2 bridgehead atoms. The van der Waals surface area contributed by atoms with Crippen LogP contribution in [0.4, 0.5) is 0 Å². The molecule has 5 rings (SSSR count). The van der Waals surface area contributed by atoms with Crippen LogP contribution < -0.4 is 0 Å². The molecule has 1 saturated carbocycles. The summed E-state index contributed by atoms with van der Waals surface area (Å²) >= 11 is 0. The highest BCUT2D eigenvalue weighted by molar-refractivity contribution is 5.89. The fourth-order valence-corrected chi connectivity index (χ4v) is 5.73. The molecule has 0 unspecified atom stereocenters. The van der Waals surface area contributed by atoms with E-state index in [2.05, 4.69) is 41.8 Å². The number of carbonyl (C=O) groups is 1. The fraction of sp³-hybridized carbons (Fsp3) is 0.476.